The van der Waals surface area contributed by atoms with E-state index in [1.54, 1.807) is 12.1 Å². The van der Waals surface area contributed by atoms with Crippen molar-refractivity contribution in [1.29, 1.82) is 0 Å². The molecular weight excluding hydrogens is 256 g/mol. The summed E-state index contributed by atoms with van der Waals surface area (Å²) in [7, 11) is 3.77. The van der Waals surface area contributed by atoms with Crippen molar-refractivity contribution in [1.82, 2.24) is 5.16 Å². The van der Waals surface area contributed by atoms with E-state index in [0.29, 0.717) is 16.3 Å². The normalized spacial score (nSPS) is 10.4. The van der Waals surface area contributed by atoms with E-state index in [1.165, 1.54) is 6.07 Å². The van der Waals surface area contributed by atoms with Crippen LogP contribution in [0.5, 0.6) is 0 Å². The van der Waals surface area contributed by atoms with Crippen LogP contribution in [0.3, 0.4) is 0 Å². The predicted molar refractivity (Wildman–Crippen MR) is 68.2 cm³/mol. The van der Waals surface area contributed by atoms with Crippen LogP contribution in [-0.2, 0) is 0 Å². The van der Waals surface area contributed by atoms with Crippen molar-refractivity contribution in [3.8, 4) is 11.3 Å². The van der Waals surface area contributed by atoms with Gasteiger partial charge in [-0.05, 0) is 18.2 Å². The second-order valence-corrected chi connectivity index (χ2v) is 4.35. The molecule has 0 atom stereocenters. The molecule has 0 radical (unpaired) electrons. The van der Waals surface area contributed by atoms with Gasteiger partial charge in [-0.3, -0.25) is 0 Å². The molecule has 0 saturated heterocycles. The molecule has 1 aromatic carbocycles. The van der Waals surface area contributed by atoms with Gasteiger partial charge in [0.15, 0.2) is 11.5 Å². The van der Waals surface area contributed by atoms with Crippen molar-refractivity contribution in [2.24, 2.45) is 0 Å². The third-order valence-electron chi connectivity index (χ3n) is 2.44. The average molecular weight is 267 g/mol. The number of carboxylic acids is 1. The average Bonchev–Trinajstić information content (AvgIpc) is 2.77. The van der Waals surface area contributed by atoms with Gasteiger partial charge in [0.25, 0.3) is 0 Å². The standard InChI is InChI=1S/C12H11ClN2O3/c1-15(2)10-4-3-7(5-8(10)13)11-6-9(12(16)17)14-18-11/h3-6H,1-2H3,(H,16,17). The van der Waals surface area contributed by atoms with Crippen molar-refractivity contribution in [2.75, 3.05) is 19.0 Å². The molecular formula is C12H11ClN2O3. The first-order valence-corrected chi connectivity index (χ1v) is 5.54. The molecule has 1 N–H and O–H groups in total. The zero-order valence-electron chi connectivity index (χ0n) is 9.85. The Kier molecular flexibility index (Phi) is 3.25. The lowest BCUT2D eigenvalue weighted by molar-refractivity contribution is 0.0686. The summed E-state index contributed by atoms with van der Waals surface area (Å²) in [6.07, 6.45) is 0. The van der Waals surface area contributed by atoms with Gasteiger partial charge in [0, 0.05) is 25.7 Å². The Morgan fingerprint density at radius 3 is 2.61 bits per heavy atom. The largest absolute Gasteiger partial charge is 0.476 e. The van der Waals surface area contributed by atoms with E-state index in [1.807, 2.05) is 25.1 Å². The molecule has 2 aromatic rings. The highest BCUT2D eigenvalue weighted by Gasteiger charge is 2.13. The van der Waals surface area contributed by atoms with Crippen molar-refractivity contribution in [3.05, 3.63) is 35.0 Å². The van der Waals surface area contributed by atoms with E-state index in [0.717, 1.165) is 5.69 Å². The van der Waals surface area contributed by atoms with Crippen molar-refractivity contribution in [2.45, 2.75) is 0 Å². The van der Waals surface area contributed by atoms with Crippen LogP contribution in [0.2, 0.25) is 5.02 Å². The Hall–Kier alpha value is -2.01. The fourth-order valence-corrected chi connectivity index (χ4v) is 1.88. The van der Waals surface area contributed by atoms with Gasteiger partial charge in [0.1, 0.15) is 0 Å². The van der Waals surface area contributed by atoms with Crippen molar-refractivity contribution >= 4 is 23.3 Å². The van der Waals surface area contributed by atoms with Crippen LogP contribution in [0.25, 0.3) is 11.3 Å². The number of aromatic carboxylic acids is 1. The van der Waals surface area contributed by atoms with E-state index < -0.39 is 5.97 Å². The summed E-state index contributed by atoms with van der Waals surface area (Å²) in [5.41, 5.74) is 1.43. The molecule has 0 spiro atoms. The minimum atomic E-state index is -1.12. The summed E-state index contributed by atoms with van der Waals surface area (Å²) in [6, 6.07) is 6.71. The minimum absolute atomic E-state index is 0.127. The number of hydrogen-bond donors (Lipinski definition) is 1. The number of hydrogen-bond acceptors (Lipinski definition) is 4. The molecule has 2 rings (SSSR count). The summed E-state index contributed by atoms with van der Waals surface area (Å²) in [4.78, 5) is 12.6. The van der Waals surface area contributed by atoms with Gasteiger partial charge in [0.05, 0.1) is 10.7 Å². The van der Waals surface area contributed by atoms with E-state index >= 15 is 0 Å². The third kappa shape index (κ3) is 2.31. The maximum absolute atomic E-state index is 10.7. The van der Waals surface area contributed by atoms with Crippen LogP contribution in [0.1, 0.15) is 10.5 Å². The Morgan fingerprint density at radius 2 is 2.11 bits per heavy atom. The van der Waals surface area contributed by atoms with Gasteiger partial charge in [0.2, 0.25) is 0 Å². The van der Waals surface area contributed by atoms with Gasteiger partial charge in [-0.25, -0.2) is 4.79 Å². The molecule has 0 bridgehead atoms. The Balaban J connectivity index is 2.39. The van der Waals surface area contributed by atoms with Crippen LogP contribution in [-0.4, -0.2) is 30.3 Å². The monoisotopic (exact) mass is 266 g/mol. The van der Waals surface area contributed by atoms with E-state index in [4.69, 9.17) is 21.2 Å². The zero-order chi connectivity index (χ0) is 13.3. The van der Waals surface area contributed by atoms with Crippen molar-refractivity contribution < 1.29 is 14.4 Å². The van der Waals surface area contributed by atoms with Gasteiger partial charge in [-0.2, -0.15) is 0 Å². The number of aromatic nitrogens is 1. The molecule has 5 nitrogen and oxygen atoms in total. The molecule has 1 aromatic heterocycles. The smallest absolute Gasteiger partial charge is 0.358 e. The van der Waals surface area contributed by atoms with Crippen LogP contribution in [0.15, 0.2) is 28.8 Å². The molecule has 0 aliphatic heterocycles. The number of rotatable bonds is 3. The molecule has 0 aliphatic carbocycles. The fraction of sp³-hybridized carbons (Fsp3) is 0.167. The van der Waals surface area contributed by atoms with Crippen LogP contribution >= 0.6 is 11.6 Å². The lowest BCUT2D eigenvalue weighted by atomic mass is 10.1. The summed E-state index contributed by atoms with van der Waals surface area (Å²) < 4.78 is 4.96. The molecule has 94 valence electrons. The zero-order valence-corrected chi connectivity index (χ0v) is 10.6. The molecule has 0 saturated carbocycles. The summed E-state index contributed by atoms with van der Waals surface area (Å²) >= 11 is 6.12. The molecule has 6 heteroatoms. The number of carboxylic acid groups (broad SMARTS) is 1. The molecule has 0 unspecified atom stereocenters. The van der Waals surface area contributed by atoms with E-state index in [-0.39, 0.29) is 5.69 Å². The fourth-order valence-electron chi connectivity index (χ4n) is 1.53. The summed E-state index contributed by atoms with van der Waals surface area (Å²) in [5, 5.41) is 12.8. The number of anilines is 1. The number of benzene rings is 1. The second kappa shape index (κ2) is 4.70. The number of carbonyl (C=O) groups is 1. The van der Waals surface area contributed by atoms with Gasteiger partial charge in [-0.15, -0.1) is 0 Å². The molecule has 0 fully saturated rings. The van der Waals surface area contributed by atoms with E-state index in [9.17, 15) is 4.79 Å². The molecule has 1 heterocycles. The Bertz CT molecular complexity index is 593. The highest BCUT2D eigenvalue weighted by Crippen LogP contribution is 2.30. The molecule has 0 amide bonds. The summed E-state index contributed by atoms with van der Waals surface area (Å²) in [6.45, 7) is 0. The summed E-state index contributed by atoms with van der Waals surface area (Å²) in [5.74, 6) is -0.749. The first-order chi connectivity index (χ1) is 8.49. The number of halogens is 1. The Morgan fingerprint density at radius 1 is 1.39 bits per heavy atom. The quantitative estimate of drug-likeness (QED) is 0.925. The van der Waals surface area contributed by atoms with Crippen molar-refractivity contribution in [3.63, 3.8) is 0 Å². The predicted octanol–water partition coefficient (Wildman–Crippen LogP) is 2.76. The SMILES string of the molecule is CN(C)c1ccc(-c2cc(C(=O)O)no2)cc1Cl. The van der Waals surface area contributed by atoms with Crippen LogP contribution in [0.4, 0.5) is 5.69 Å². The lowest BCUT2D eigenvalue weighted by Gasteiger charge is -2.14. The maximum Gasteiger partial charge on any atom is 0.358 e. The minimum Gasteiger partial charge on any atom is -0.476 e. The number of nitrogens with zero attached hydrogens (tertiary/aromatic N) is 2. The highest BCUT2D eigenvalue weighted by molar-refractivity contribution is 6.33. The van der Waals surface area contributed by atoms with Crippen LogP contribution < -0.4 is 4.90 Å². The molecule has 0 aliphatic rings. The van der Waals surface area contributed by atoms with Gasteiger partial charge < -0.3 is 14.5 Å². The first kappa shape index (κ1) is 12.4. The van der Waals surface area contributed by atoms with Crippen LogP contribution in [0, 0.1) is 0 Å². The topological polar surface area (TPSA) is 66.6 Å². The first-order valence-electron chi connectivity index (χ1n) is 5.16. The maximum atomic E-state index is 10.7. The van der Waals surface area contributed by atoms with Gasteiger partial charge in [-0.1, -0.05) is 16.8 Å². The Labute approximate surface area is 109 Å². The second-order valence-electron chi connectivity index (χ2n) is 3.94. The third-order valence-corrected chi connectivity index (χ3v) is 2.75. The molecule has 18 heavy (non-hydrogen) atoms. The van der Waals surface area contributed by atoms with E-state index in [2.05, 4.69) is 5.16 Å². The van der Waals surface area contributed by atoms with Gasteiger partial charge >= 0.3 is 5.97 Å². The lowest BCUT2D eigenvalue weighted by Crippen LogP contribution is -2.08. The highest BCUT2D eigenvalue weighted by atomic mass is 35.5.